The molecule has 0 aromatic heterocycles. The molecule has 0 spiro atoms. The Morgan fingerprint density at radius 2 is 1.79 bits per heavy atom. The Morgan fingerprint density at radius 1 is 1.16 bits per heavy atom. The number of hydrogen-bond acceptors (Lipinski definition) is 2. The number of likely N-dealkylation sites (tertiary alicyclic amines) is 1. The molecule has 1 aromatic carbocycles. The maximum absolute atomic E-state index is 6.53. The summed E-state index contributed by atoms with van der Waals surface area (Å²) in [6.45, 7) is 12.5. The molecule has 1 heterocycles. The summed E-state index contributed by atoms with van der Waals surface area (Å²) < 4.78 is 0. The molecule has 0 radical (unpaired) electrons. The maximum Gasteiger partial charge on any atom is 0.0509 e. The SMILES string of the molecule is CC(N)(CN1CCC(C(C)(C)C)C1)c1ccccc1. The van der Waals surface area contributed by atoms with Crippen LogP contribution >= 0.6 is 0 Å². The zero-order valence-electron chi connectivity index (χ0n) is 12.8. The second-order valence-electron chi connectivity index (χ2n) is 7.37. The zero-order chi connectivity index (χ0) is 14.1. The van der Waals surface area contributed by atoms with E-state index in [9.17, 15) is 0 Å². The van der Waals surface area contributed by atoms with Crippen molar-refractivity contribution >= 4 is 0 Å². The van der Waals surface area contributed by atoms with Gasteiger partial charge in [-0.3, -0.25) is 0 Å². The summed E-state index contributed by atoms with van der Waals surface area (Å²) in [5, 5.41) is 0. The number of nitrogens with zero attached hydrogens (tertiary/aromatic N) is 1. The highest BCUT2D eigenvalue weighted by Crippen LogP contribution is 2.34. The van der Waals surface area contributed by atoms with E-state index in [-0.39, 0.29) is 5.54 Å². The molecular formula is C17H28N2. The van der Waals surface area contributed by atoms with E-state index in [0.29, 0.717) is 5.41 Å². The summed E-state index contributed by atoms with van der Waals surface area (Å²) in [7, 11) is 0. The summed E-state index contributed by atoms with van der Waals surface area (Å²) in [5.41, 5.74) is 7.91. The van der Waals surface area contributed by atoms with Crippen LogP contribution in [0.15, 0.2) is 30.3 Å². The van der Waals surface area contributed by atoms with Crippen molar-refractivity contribution in [2.75, 3.05) is 19.6 Å². The normalized spacial score (nSPS) is 24.4. The van der Waals surface area contributed by atoms with Crippen LogP contribution in [0.5, 0.6) is 0 Å². The van der Waals surface area contributed by atoms with Gasteiger partial charge in [0.1, 0.15) is 0 Å². The molecule has 2 atom stereocenters. The molecule has 1 fully saturated rings. The molecule has 106 valence electrons. The Labute approximate surface area is 118 Å². The van der Waals surface area contributed by atoms with Gasteiger partial charge < -0.3 is 10.6 Å². The van der Waals surface area contributed by atoms with Crippen LogP contribution in [0.25, 0.3) is 0 Å². The van der Waals surface area contributed by atoms with Gasteiger partial charge in [0.2, 0.25) is 0 Å². The van der Waals surface area contributed by atoms with Crippen molar-refractivity contribution in [2.24, 2.45) is 17.1 Å². The Kier molecular flexibility index (Phi) is 4.03. The summed E-state index contributed by atoms with van der Waals surface area (Å²) in [5.74, 6) is 0.791. The standard InChI is InChI=1S/C17H28N2/c1-16(2,3)15-10-11-19(12-15)13-17(4,18)14-8-6-5-7-9-14/h5-9,15H,10-13,18H2,1-4H3. The molecule has 0 saturated carbocycles. The van der Waals surface area contributed by atoms with E-state index in [1.807, 2.05) is 6.07 Å². The minimum absolute atomic E-state index is 0.256. The van der Waals surface area contributed by atoms with E-state index in [0.717, 1.165) is 12.5 Å². The van der Waals surface area contributed by atoms with Gasteiger partial charge in [-0.2, -0.15) is 0 Å². The Balaban J connectivity index is 1.99. The lowest BCUT2D eigenvalue weighted by Gasteiger charge is -2.32. The van der Waals surface area contributed by atoms with Crippen LogP contribution in [-0.4, -0.2) is 24.5 Å². The van der Waals surface area contributed by atoms with Crippen molar-refractivity contribution in [3.8, 4) is 0 Å². The van der Waals surface area contributed by atoms with Crippen LogP contribution < -0.4 is 5.73 Å². The van der Waals surface area contributed by atoms with Crippen molar-refractivity contribution in [1.29, 1.82) is 0 Å². The van der Waals surface area contributed by atoms with Crippen molar-refractivity contribution in [3.05, 3.63) is 35.9 Å². The van der Waals surface area contributed by atoms with Crippen molar-refractivity contribution in [3.63, 3.8) is 0 Å². The van der Waals surface area contributed by atoms with E-state index >= 15 is 0 Å². The highest BCUT2D eigenvalue weighted by atomic mass is 15.2. The number of hydrogen-bond donors (Lipinski definition) is 1. The molecule has 1 aliphatic rings. The quantitative estimate of drug-likeness (QED) is 0.904. The fourth-order valence-corrected chi connectivity index (χ4v) is 3.06. The maximum atomic E-state index is 6.53. The molecule has 1 aromatic rings. The average molecular weight is 260 g/mol. The fraction of sp³-hybridized carbons (Fsp3) is 0.647. The lowest BCUT2D eigenvalue weighted by Crippen LogP contribution is -2.45. The second-order valence-corrected chi connectivity index (χ2v) is 7.37. The summed E-state index contributed by atoms with van der Waals surface area (Å²) in [6, 6.07) is 10.5. The summed E-state index contributed by atoms with van der Waals surface area (Å²) >= 11 is 0. The molecule has 2 N–H and O–H groups in total. The monoisotopic (exact) mass is 260 g/mol. The molecule has 1 aliphatic heterocycles. The Hall–Kier alpha value is -0.860. The third kappa shape index (κ3) is 3.58. The van der Waals surface area contributed by atoms with Gasteiger partial charge in [0.05, 0.1) is 5.54 Å². The Morgan fingerprint density at radius 3 is 2.32 bits per heavy atom. The molecule has 0 amide bonds. The topological polar surface area (TPSA) is 29.3 Å². The summed E-state index contributed by atoms with van der Waals surface area (Å²) in [4.78, 5) is 2.53. The van der Waals surface area contributed by atoms with Gasteiger partial charge in [-0.15, -0.1) is 0 Å². The minimum Gasteiger partial charge on any atom is -0.321 e. The van der Waals surface area contributed by atoms with E-state index in [1.165, 1.54) is 25.1 Å². The lowest BCUT2D eigenvalue weighted by atomic mass is 9.80. The number of rotatable bonds is 3. The smallest absolute Gasteiger partial charge is 0.0509 e. The van der Waals surface area contributed by atoms with Crippen LogP contribution in [0.1, 0.15) is 39.7 Å². The minimum atomic E-state index is -0.256. The van der Waals surface area contributed by atoms with E-state index in [4.69, 9.17) is 5.73 Å². The van der Waals surface area contributed by atoms with E-state index in [1.54, 1.807) is 0 Å². The first-order chi connectivity index (χ1) is 8.79. The lowest BCUT2D eigenvalue weighted by molar-refractivity contribution is 0.207. The molecule has 0 bridgehead atoms. The number of benzene rings is 1. The highest BCUT2D eigenvalue weighted by Gasteiger charge is 2.34. The first-order valence-corrected chi connectivity index (χ1v) is 7.36. The summed E-state index contributed by atoms with van der Waals surface area (Å²) in [6.07, 6.45) is 1.30. The predicted molar refractivity (Wildman–Crippen MR) is 82.0 cm³/mol. The molecule has 2 nitrogen and oxygen atoms in total. The van der Waals surface area contributed by atoms with Gasteiger partial charge in [0.25, 0.3) is 0 Å². The van der Waals surface area contributed by atoms with Gasteiger partial charge in [-0.1, -0.05) is 51.1 Å². The molecule has 19 heavy (non-hydrogen) atoms. The predicted octanol–water partition coefficient (Wildman–Crippen LogP) is 3.23. The van der Waals surface area contributed by atoms with Gasteiger partial charge >= 0.3 is 0 Å². The molecule has 2 unspecified atom stereocenters. The highest BCUT2D eigenvalue weighted by molar-refractivity contribution is 5.23. The van der Waals surface area contributed by atoms with Gasteiger partial charge in [0, 0.05) is 13.1 Å². The molecule has 1 saturated heterocycles. The molecule has 2 rings (SSSR count). The third-order valence-electron chi connectivity index (χ3n) is 4.48. The second kappa shape index (κ2) is 5.26. The van der Waals surface area contributed by atoms with Crippen molar-refractivity contribution in [2.45, 2.75) is 39.7 Å². The first-order valence-electron chi connectivity index (χ1n) is 7.36. The van der Waals surface area contributed by atoms with Crippen LogP contribution in [0, 0.1) is 11.3 Å². The molecule has 2 heteroatoms. The largest absolute Gasteiger partial charge is 0.321 e. The van der Waals surface area contributed by atoms with Crippen molar-refractivity contribution in [1.82, 2.24) is 4.90 Å². The van der Waals surface area contributed by atoms with E-state index < -0.39 is 0 Å². The van der Waals surface area contributed by atoms with E-state index in [2.05, 4.69) is 56.9 Å². The van der Waals surface area contributed by atoms with Gasteiger partial charge in [0.15, 0.2) is 0 Å². The van der Waals surface area contributed by atoms with Crippen LogP contribution in [0.4, 0.5) is 0 Å². The fourth-order valence-electron chi connectivity index (χ4n) is 3.06. The first kappa shape index (κ1) is 14.5. The van der Waals surface area contributed by atoms with Gasteiger partial charge in [-0.25, -0.2) is 0 Å². The number of nitrogens with two attached hydrogens (primary N) is 1. The van der Waals surface area contributed by atoms with Crippen LogP contribution in [0.2, 0.25) is 0 Å². The zero-order valence-corrected chi connectivity index (χ0v) is 12.8. The third-order valence-corrected chi connectivity index (χ3v) is 4.48. The van der Waals surface area contributed by atoms with Crippen LogP contribution in [0.3, 0.4) is 0 Å². The average Bonchev–Trinajstić information content (AvgIpc) is 2.78. The van der Waals surface area contributed by atoms with Crippen LogP contribution in [-0.2, 0) is 5.54 Å². The molecular weight excluding hydrogens is 232 g/mol. The van der Waals surface area contributed by atoms with Crippen molar-refractivity contribution < 1.29 is 0 Å². The molecule has 0 aliphatic carbocycles. The Bertz CT molecular complexity index is 403. The van der Waals surface area contributed by atoms with Gasteiger partial charge in [-0.05, 0) is 36.8 Å².